The largest absolute Gasteiger partial charge is 0.281 e. The molecule has 0 saturated carbocycles. The molecule has 5 heteroatoms. The van der Waals surface area contributed by atoms with Crippen LogP contribution < -0.4 is 5.56 Å². The molecule has 4 nitrogen and oxygen atoms in total. The topological polar surface area (TPSA) is 62.8 Å². The zero-order chi connectivity index (χ0) is 11.6. The number of rotatable bonds is 2. The van der Waals surface area contributed by atoms with Gasteiger partial charge in [0.05, 0.1) is 12.1 Å². The number of carbonyl (C=O) groups is 1. The third-order valence-corrected chi connectivity index (χ3v) is 2.11. The smallest absolute Gasteiger partial charge is 0.267 e. The van der Waals surface area contributed by atoms with Crippen molar-refractivity contribution in [2.75, 3.05) is 0 Å². The zero-order valence-electron chi connectivity index (χ0n) is 8.93. The summed E-state index contributed by atoms with van der Waals surface area (Å²) >= 11 is 5.24. The first-order valence-electron chi connectivity index (χ1n) is 4.58. The molecule has 0 unspecified atom stereocenters. The highest BCUT2D eigenvalue weighted by Gasteiger charge is 2.17. The minimum Gasteiger partial charge on any atom is -0.281 e. The summed E-state index contributed by atoms with van der Waals surface area (Å²) in [4.78, 5) is 22.0. The van der Waals surface area contributed by atoms with E-state index in [0.717, 1.165) is 5.69 Å². The second-order valence-electron chi connectivity index (χ2n) is 4.39. The van der Waals surface area contributed by atoms with Crippen LogP contribution in [0.5, 0.6) is 0 Å². The lowest BCUT2D eigenvalue weighted by atomic mass is 9.91. The molecule has 0 amide bonds. The van der Waals surface area contributed by atoms with Gasteiger partial charge in [0.1, 0.15) is 0 Å². The molecule has 1 heterocycles. The van der Waals surface area contributed by atoms with Crippen LogP contribution in [0.1, 0.15) is 32.0 Å². The molecule has 0 bridgehead atoms. The SMILES string of the molecule is CC(C)(C)c1cc(CC(=O)Cl)c(=O)[nH]n1. The summed E-state index contributed by atoms with van der Waals surface area (Å²) in [5.74, 6) is 0. The summed E-state index contributed by atoms with van der Waals surface area (Å²) in [7, 11) is 0. The van der Waals surface area contributed by atoms with Crippen molar-refractivity contribution >= 4 is 16.8 Å². The van der Waals surface area contributed by atoms with E-state index in [4.69, 9.17) is 11.6 Å². The molecular formula is C10H13ClN2O2. The lowest BCUT2D eigenvalue weighted by Gasteiger charge is -2.17. The van der Waals surface area contributed by atoms with E-state index in [9.17, 15) is 9.59 Å². The van der Waals surface area contributed by atoms with Crippen LogP contribution in [-0.4, -0.2) is 15.4 Å². The average Bonchev–Trinajstić information content (AvgIpc) is 2.06. The quantitative estimate of drug-likeness (QED) is 0.778. The zero-order valence-corrected chi connectivity index (χ0v) is 9.68. The molecular weight excluding hydrogens is 216 g/mol. The molecule has 82 valence electrons. The fourth-order valence-corrected chi connectivity index (χ4v) is 1.25. The Morgan fingerprint density at radius 1 is 1.53 bits per heavy atom. The molecule has 1 aromatic heterocycles. The summed E-state index contributed by atoms with van der Waals surface area (Å²) in [6, 6.07) is 1.62. The molecule has 1 aromatic rings. The molecule has 0 fully saturated rings. The first kappa shape index (κ1) is 11.9. The van der Waals surface area contributed by atoms with E-state index in [1.54, 1.807) is 6.07 Å². The number of aromatic amines is 1. The molecule has 1 N–H and O–H groups in total. The molecule has 0 saturated heterocycles. The van der Waals surface area contributed by atoms with Crippen LogP contribution in [0.3, 0.4) is 0 Å². The first-order valence-corrected chi connectivity index (χ1v) is 4.96. The van der Waals surface area contributed by atoms with E-state index >= 15 is 0 Å². The normalized spacial score (nSPS) is 11.5. The average molecular weight is 229 g/mol. The highest BCUT2D eigenvalue weighted by atomic mass is 35.5. The van der Waals surface area contributed by atoms with Gasteiger partial charge in [0.2, 0.25) is 5.24 Å². The van der Waals surface area contributed by atoms with Crippen LogP contribution in [-0.2, 0) is 16.6 Å². The molecule has 0 radical (unpaired) electrons. The van der Waals surface area contributed by atoms with E-state index in [-0.39, 0.29) is 17.4 Å². The number of nitrogens with one attached hydrogen (secondary N) is 1. The summed E-state index contributed by atoms with van der Waals surface area (Å²) in [6.45, 7) is 5.92. The van der Waals surface area contributed by atoms with Crippen molar-refractivity contribution in [2.45, 2.75) is 32.6 Å². The van der Waals surface area contributed by atoms with E-state index in [2.05, 4.69) is 10.2 Å². The van der Waals surface area contributed by atoms with Crippen LogP contribution in [0.4, 0.5) is 0 Å². The fourth-order valence-electron chi connectivity index (χ4n) is 1.11. The lowest BCUT2D eigenvalue weighted by molar-refractivity contribution is -0.111. The Balaban J connectivity index is 3.17. The van der Waals surface area contributed by atoms with E-state index in [1.165, 1.54) is 0 Å². The second kappa shape index (κ2) is 4.14. The monoisotopic (exact) mass is 228 g/mol. The van der Waals surface area contributed by atoms with Gasteiger partial charge in [-0.3, -0.25) is 9.59 Å². The molecule has 0 aliphatic carbocycles. The van der Waals surface area contributed by atoms with Crippen LogP contribution >= 0.6 is 11.6 Å². The van der Waals surface area contributed by atoms with Crippen LogP contribution in [0.15, 0.2) is 10.9 Å². The number of carbonyl (C=O) groups excluding carboxylic acids is 1. The molecule has 0 aliphatic heterocycles. The molecule has 0 aromatic carbocycles. The van der Waals surface area contributed by atoms with Gasteiger partial charge in [-0.2, -0.15) is 5.10 Å². The van der Waals surface area contributed by atoms with E-state index < -0.39 is 5.24 Å². The summed E-state index contributed by atoms with van der Waals surface area (Å²) in [5.41, 5.74) is 0.552. The van der Waals surface area contributed by atoms with Crippen molar-refractivity contribution in [3.05, 3.63) is 27.7 Å². The molecule has 0 atom stereocenters. The molecule has 0 aliphatic rings. The Bertz CT molecular complexity index is 432. The minimum absolute atomic E-state index is 0.0670. The van der Waals surface area contributed by atoms with Crippen LogP contribution in [0.2, 0.25) is 0 Å². The third kappa shape index (κ3) is 3.16. The maximum Gasteiger partial charge on any atom is 0.267 e. The number of hydrogen-bond donors (Lipinski definition) is 1. The van der Waals surface area contributed by atoms with Gasteiger partial charge in [-0.15, -0.1) is 0 Å². The predicted octanol–water partition coefficient (Wildman–Crippen LogP) is 1.38. The molecule has 1 rings (SSSR count). The van der Waals surface area contributed by atoms with Gasteiger partial charge >= 0.3 is 0 Å². The summed E-state index contributed by atoms with van der Waals surface area (Å²) in [5, 5.41) is 5.74. The van der Waals surface area contributed by atoms with Gasteiger partial charge in [-0.25, -0.2) is 5.10 Å². The fraction of sp³-hybridized carbons (Fsp3) is 0.500. The van der Waals surface area contributed by atoms with Crippen LogP contribution in [0, 0.1) is 0 Å². The Kier molecular flexibility index (Phi) is 3.29. The minimum atomic E-state index is -0.549. The van der Waals surface area contributed by atoms with Crippen molar-refractivity contribution in [3.63, 3.8) is 0 Å². The summed E-state index contributed by atoms with van der Waals surface area (Å²) in [6.07, 6.45) is -0.0670. The summed E-state index contributed by atoms with van der Waals surface area (Å²) < 4.78 is 0. The number of nitrogens with zero attached hydrogens (tertiary/aromatic N) is 1. The highest BCUT2D eigenvalue weighted by Crippen LogP contribution is 2.18. The van der Waals surface area contributed by atoms with Crippen molar-refractivity contribution in [1.29, 1.82) is 0 Å². The van der Waals surface area contributed by atoms with Crippen molar-refractivity contribution in [1.82, 2.24) is 10.2 Å². The first-order chi connectivity index (χ1) is 6.80. The van der Waals surface area contributed by atoms with Gasteiger partial charge in [0, 0.05) is 11.0 Å². The van der Waals surface area contributed by atoms with Gasteiger partial charge in [0.15, 0.2) is 0 Å². The Hall–Kier alpha value is -1.16. The molecule has 0 spiro atoms. The highest BCUT2D eigenvalue weighted by molar-refractivity contribution is 6.63. The Morgan fingerprint density at radius 3 is 2.60 bits per heavy atom. The van der Waals surface area contributed by atoms with Crippen molar-refractivity contribution in [3.8, 4) is 0 Å². The number of aromatic nitrogens is 2. The number of H-pyrrole nitrogens is 1. The van der Waals surface area contributed by atoms with E-state index in [0.29, 0.717) is 5.56 Å². The van der Waals surface area contributed by atoms with Gasteiger partial charge < -0.3 is 0 Å². The van der Waals surface area contributed by atoms with Crippen molar-refractivity contribution in [2.24, 2.45) is 0 Å². The standard InChI is InChI=1S/C10H13ClN2O2/c1-10(2,3)7-4-6(5-8(11)14)9(15)13-12-7/h4H,5H2,1-3H3,(H,13,15). The third-order valence-electron chi connectivity index (χ3n) is 1.98. The van der Waals surface area contributed by atoms with Crippen LogP contribution in [0.25, 0.3) is 0 Å². The second-order valence-corrected chi connectivity index (χ2v) is 4.81. The van der Waals surface area contributed by atoms with E-state index in [1.807, 2.05) is 20.8 Å². The predicted molar refractivity (Wildman–Crippen MR) is 58.1 cm³/mol. The molecule has 15 heavy (non-hydrogen) atoms. The Morgan fingerprint density at radius 2 is 2.13 bits per heavy atom. The van der Waals surface area contributed by atoms with Crippen molar-refractivity contribution < 1.29 is 4.79 Å². The number of hydrogen-bond acceptors (Lipinski definition) is 3. The Labute approximate surface area is 92.7 Å². The van der Waals surface area contributed by atoms with Gasteiger partial charge in [0.25, 0.3) is 5.56 Å². The number of halogens is 1. The van der Waals surface area contributed by atoms with Gasteiger partial charge in [-0.1, -0.05) is 20.8 Å². The lowest BCUT2D eigenvalue weighted by Crippen LogP contribution is -2.22. The maximum atomic E-state index is 11.3. The maximum absolute atomic E-state index is 11.3. The van der Waals surface area contributed by atoms with Gasteiger partial charge in [-0.05, 0) is 17.7 Å².